The Kier molecular flexibility index (Phi) is 6.22. The molecular weight excluding hydrogens is 350 g/mol. The normalized spacial score (nSPS) is 12.6. The van der Waals surface area contributed by atoms with Gasteiger partial charge in [-0.05, 0) is 49.2 Å². The third-order valence-corrected chi connectivity index (χ3v) is 5.06. The first-order valence-corrected chi connectivity index (χ1v) is 9.07. The van der Waals surface area contributed by atoms with Gasteiger partial charge >= 0.3 is 0 Å². The summed E-state index contributed by atoms with van der Waals surface area (Å²) >= 11 is 0. The minimum Gasteiger partial charge on any atom is -0.354 e. The molecule has 1 atom stereocenters. The molecule has 0 heterocycles. The van der Waals surface area contributed by atoms with Crippen LogP contribution in [0.3, 0.4) is 0 Å². The number of carbonyl (C=O) groups excluding carboxylic acids is 1. The molecule has 0 aliphatic carbocycles. The Morgan fingerprint density at radius 3 is 2.36 bits per heavy atom. The quantitative estimate of drug-likeness (QED) is 0.785. The Hall–Kier alpha value is -2.32. The number of rotatable bonds is 7. The van der Waals surface area contributed by atoms with Crippen molar-refractivity contribution in [3.63, 3.8) is 0 Å². The van der Waals surface area contributed by atoms with E-state index in [1.54, 1.807) is 18.2 Å². The van der Waals surface area contributed by atoms with E-state index in [0.29, 0.717) is 5.56 Å². The number of nitrogens with one attached hydrogen (secondary N) is 2. The summed E-state index contributed by atoms with van der Waals surface area (Å²) in [5.74, 6) is -1.46. The van der Waals surface area contributed by atoms with Gasteiger partial charge in [0.25, 0.3) is 0 Å². The highest BCUT2D eigenvalue weighted by atomic mass is 32.2. The number of amides is 1. The molecule has 134 valence electrons. The Labute approximate surface area is 145 Å². The number of halogens is 2. The Morgan fingerprint density at radius 1 is 1.08 bits per heavy atom. The van der Waals surface area contributed by atoms with Gasteiger partial charge in [-0.3, -0.25) is 4.79 Å². The lowest BCUT2D eigenvalue weighted by atomic mass is 10.1. The van der Waals surface area contributed by atoms with Crippen LogP contribution in [0.25, 0.3) is 0 Å². The fraction of sp³-hybridized carbons (Fsp3) is 0.235. The van der Waals surface area contributed by atoms with Crippen LogP contribution in [-0.4, -0.2) is 26.9 Å². The van der Waals surface area contributed by atoms with Gasteiger partial charge in [0.05, 0.1) is 10.9 Å². The summed E-state index contributed by atoms with van der Waals surface area (Å²) in [6.45, 7) is 1.56. The highest BCUT2D eigenvalue weighted by Crippen LogP contribution is 2.10. The molecule has 0 aromatic heterocycles. The van der Waals surface area contributed by atoms with Gasteiger partial charge in [-0.2, -0.15) is 4.72 Å². The van der Waals surface area contributed by atoms with Crippen molar-refractivity contribution in [2.45, 2.75) is 24.3 Å². The van der Waals surface area contributed by atoms with Gasteiger partial charge < -0.3 is 5.32 Å². The zero-order chi connectivity index (χ0) is 18.4. The van der Waals surface area contributed by atoms with E-state index in [9.17, 15) is 22.0 Å². The van der Waals surface area contributed by atoms with E-state index in [4.69, 9.17) is 0 Å². The van der Waals surface area contributed by atoms with Crippen LogP contribution in [0.2, 0.25) is 0 Å². The monoisotopic (exact) mass is 368 g/mol. The van der Waals surface area contributed by atoms with Crippen molar-refractivity contribution < 1.29 is 22.0 Å². The predicted octanol–water partition coefficient (Wildman–Crippen LogP) is 1.99. The summed E-state index contributed by atoms with van der Waals surface area (Å²) in [6, 6.07) is 9.44. The van der Waals surface area contributed by atoms with Crippen LogP contribution in [0.4, 0.5) is 8.78 Å². The number of hydrogen-bond donors (Lipinski definition) is 2. The number of carbonyl (C=O) groups is 1. The first-order valence-electron chi connectivity index (χ1n) is 7.58. The highest BCUT2D eigenvalue weighted by Gasteiger charge is 2.21. The lowest BCUT2D eigenvalue weighted by Crippen LogP contribution is -2.45. The fourth-order valence-electron chi connectivity index (χ4n) is 2.14. The van der Waals surface area contributed by atoms with E-state index in [1.807, 2.05) is 0 Å². The maximum atomic E-state index is 13.5. The lowest BCUT2D eigenvalue weighted by molar-refractivity contribution is -0.122. The predicted molar refractivity (Wildman–Crippen MR) is 89.3 cm³/mol. The molecule has 0 bridgehead atoms. The first-order chi connectivity index (χ1) is 11.8. The average Bonchev–Trinajstić information content (AvgIpc) is 2.56. The molecule has 0 saturated carbocycles. The third kappa shape index (κ3) is 5.33. The summed E-state index contributed by atoms with van der Waals surface area (Å²) in [4.78, 5) is 11.9. The molecule has 8 heteroatoms. The highest BCUT2D eigenvalue weighted by molar-refractivity contribution is 7.89. The summed E-state index contributed by atoms with van der Waals surface area (Å²) in [7, 11) is -3.94. The summed E-state index contributed by atoms with van der Waals surface area (Å²) in [6.07, 6.45) is 0.288. The summed E-state index contributed by atoms with van der Waals surface area (Å²) in [5, 5.41) is 2.55. The first kappa shape index (κ1) is 19.0. The fourth-order valence-corrected chi connectivity index (χ4v) is 3.35. The van der Waals surface area contributed by atoms with Crippen LogP contribution in [-0.2, 0) is 21.2 Å². The van der Waals surface area contributed by atoms with E-state index in [2.05, 4.69) is 10.0 Å². The Bertz CT molecular complexity index is 839. The smallest absolute Gasteiger partial charge is 0.241 e. The molecule has 2 aromatic carbocycles. The van der Waals surface area contributed by atoms with Gasteiger partial charge in [-0.15, -0.1) is 0 Å². The van der Waals surface area contributed by atoms with Crippen LogP contribution in [0.5, 0.6) is 0 Å². The maximum absolute atomic E-state index is 13.5. The van der Waals surface area contributed by atoms with Crippen LogP contribution in [0.15, 0.2) is 53.4 Å². The topological polar surface area (TPSA) is 75.3 Å². The van der Waals surface area contributed by atoms with Crippen molar-refractivity contribution in [2.75, 3.05) is 6.54 Å². The second-order valence-corrected chi connectivity index (χ2v) is 7.14. The van der Waals surface area contributed by atoms with Crippen molar-refractivity contribution in [3.8, 4) is 0 Å². The van der Waals surface area contributed by atoms with Gasteiger partial charge in [0.15, 0.2) is 0 Å². The van der Waals surface area contributed by atoms with Gasteiger partial charge in [0, 0.05) is 6.54 Å². The molecule has 0 unspecified atom stereocenters. The van der Waals surface area contributed by atoms with E-state index in [1.165, 1.54) is 13.0 Å². The van der Waals surface area contributed by atoms with Crippen molar-refractivity contribution in [1.82, 2.24) is 10.0 Å². The van der Waals surface area contributed by atoms with E-state index in [-0.39, 0.29) is 23.7 Å². The standard InChI is InChI=1S/C17H18F2N2O3S/c1-12(21-25(23,24)15-8-6-14(18)7-9-15)17(22)20-11-10-13-4-2-3-5-16(13)19/h2-9,12,21H,10-11H2,1H3,(H,20,22)/t12-/m0/s1. The molecule has 25 heavy (non-hydrogen) atoms. The van der Waals surface area contributed by atoms with E-state index in [0.717, 1.165) is 24.3 Å². The van der Waals surface area contributed by atoms with Gasteiger partial charge in [-0.25, -0.2) is 17.2 Å². The van der Waals surface area contributed by atoms with Crippen LogP contribution in [0.1, 0.15) is 12.5 Å². The zero-order valence-corrected chi connectivity index (χ0v) is 14.3. The second kappa shape index (κ2) is 8.17. The molecule has 0 aliphatic heterocycles. The minimum atomic E-state index is -3.94. The molecule has 0 saturated heterocycles. The van der Waals surface area contributed by atoms with Crippen molar-refractivity contribution in [3.05, 3.63) is 65.7 Å². The van der Waals surface area contributed by atoms with Gasteiger partial charge in [0.2, 0.25) is 15.9 Å². The molecule has 0 fully saturated rings. The Balaban J connectivity index is 1.89. The van der Waals surface area contributed by atoms with E-state index < -0.39 is 27.8 Å². The molecule has 2 N–H and O–H groups in total. The average molecular weight is 368 g/mol. The lowest BCUT2D eigenvalue weighted by Gasteiger charge is -2.14. The van der Waals surface area contributed by atoms with Crippen LogP contribution >= 0.6 is 0 Å². The van der Waals surface area contributed by atoms with Crippen LogP contribution < -0.4 is 10.0 Å². The summed E-state index contributed by atoms with van der Waals surface area (Å²) < 4.78 is 52.8. The van der Waals surface area contributed by atoms with E-state index >= 15 is 0 Å². The number of benzene rings is 2. The zero-order valence-electron chi connectivity index (χ0n) is 13.5. The van der Waals surface area contributed by atoms with Gasteiger partial charge in [-0.1, -0.05) is 18.2 Å². The molecule has 5 nitrogen and oxygen atoms in total. The Morgan fingerprint density at radius 2 is 1.72 bits per heavy atom. The van der Waals surface area contributed by atoms with Crippen molar-refractivity contribution in [1.29, 1.82) is 0 Å². The second-order valence-electron chi connectivity index (χ2n) is 5.43. The number of hydrogen-bond acceptors (Lipinski definition) is 3. The molecular formula is C17H18F2N2O3S. The molecule has 2 rings (SSSR count). The molecule has 0 aliphatic rings. The molecule has 2 aromatic rings. The molecule has 1 amide bonds. The minimum absolute atomic E-state index is 0.139. The maximum Gasteiger partial charge on any atom is 0.241 e. The molecule has 0 radical (unpaired) electrons. The number of sulfonamides is 1. The van der Waals surface area contributed by atoms with Crippen molar-refractivity contribution in [2.24, 2.45) is 0 Å². The van der Waals surface area contributed by atoms with Gasteiger partial charge in [0.1, 0.15) is 11.6 Å². The summed E-state index contributed by atoms with van der Waals surface area (Å²) in [5.41, 5.74) is 0.461. The largest absolute Gasteiger partial charge is 0.354 e. The SMILES string of the molecule is C[C@H](NS(=O)(=O)c1ccc(F)cc1)C(=O)NCCc1ccccc1F. The van der Waals surface area contributed by atoms with Crippen molar-refractivity contribution >= 4 is 15.9 Å². The molecule has 0 spiro atoms. The third-order valence-electron chi connectivity index (χ3n) is 3.50. The van der Waals surface area contributed by atoms with Crippen LogP contribution in [0, 0.1) is 11.6 Å².